The van der Waals surface area contributed by atoms with E-state index in [2.05, 4.69) is 9.82 Å². The van der Waals surface area contributed by atoms with Gasteiger partial charge in [0, 0.05) is 5.69 Å². The average Bonchev–Trinajstić information content (AvgIpc) is 3.28. The van der Waals surface area contributed by atoms with Crippen molar-refractivity contribution in [2.45, 2.75) is 37.6 Å². The quantitative estimate of drug-likeness (QED) is 0.720. The van der Waals surface area contributed by atoms with Gasteiger partial charge in [0.05, 0.1) is 23.2 Å². The fourth-order valence-electron chi connectivity index (χ4n) is 3.54. The number of fused-ring (bicyclic) bond motifs is 1. The summed E-state index contributed by atoms with van der Waals surface area (Å²) >= 11 is 0. The molecule has 4 rings (SSSR count). The molecule has 1 aliphatic rings. The zero-order valence-electron chi connectivity index (χ0n) is 15.6. The van der Waals surface area contributed by atoms with E-state index in [9.17, 15) is 13.2 Å². The second kappa shape index (κ2) is 7.24. The van der Waals surface area contributed by atoms with Gasteiger partial charge in [0.1, 0.15) is 0 Å². The number of nitrogens with zero attached hydrogens (tertiary/aromatic N) is 2. The lowest BCUT2D eigenvalue weighted by Crippen LogP contribution is -2.31. The summed E-state index contributed by atoms with van der Waals surface area (Å²) in [4.78, 5) is 12.7. The van der Waals surface area contributed by atoms with Crippen LogP contribution in [0.3, 0.4) is 0 Å². The van der Waals surface area contributed by atoms with Gasteiger partial charge in [-0.2, -0.15) is 5.10 Å². The number of carbonyl (C=O) groups is 1. The van der Waals surface area contributed by atoms with E-state index in [1.165, 1.54) is 11.8 Å². The first-order chi connectivity index (χ1) is 13.4. The molecule has 1 aromatic heterocycles. The van der Waals surface area contributed by atoms with Crippen LogP contribution in [0.5, 0.6) is 0 Å². The van der Waals surface area contributed by atoms with Crippen molar-refractivity contribution in [3.8, 4) is 0 Å². The van der Waals surface area contributed by atoms with Gasteiger partial charge >= 0.3 is 0 Å². The molecule has 0 atom stereocenters. The first-order valence-electron chi connectivity index (χ1n) is 9.19. The van der Waals surface area contributed by atoms with Crippen molar-refractivity contribution in [1.29, 1.82) is 0 Å². The van der Waals surface area contributed by atoms with E-state index in [1.807, 2.05) is 36.4 Å². The van der Waals surface area contributed by atoms with Gasteiger partial charge in [-0.15, -0.1) is 0 Å². The topological polar surface area (TPSA) is 81.1 Å². The highest BCUT2D eigenvalue weighted by atomic mass is 32.2. The van der Waals surface area contributed by atoms with Gasteiger partial charge in [0.2, 0.25) is 0 Å². The van der Waals surface area contributed by atoms with Crippen LogP contribution < -0.4 is 4.72 Å². The third kappa shape index (κ3) is 3.57. The summed E-state index contributed by atoms with van der Waals surface area (Å²) in [7, 11) is -3.93. The minimum Gasteiger partial charge on any atom is -0.268 e. The molecule has 0 saturated heterocycles. The van der Waals surface area contributed by atoms with Gasteiger partial charge < -0.3 is 0 Å². The molecular formula is C21H21N3O3S. The summed E-state index contributed by atoms with van der Waals surface area (Å²) in [6.07, 6.45) is 4.29. The molecule has 7 heteroatoms. The number of aromatic nitrogens is 2. The van der Waals surface area contributed by atoms with Crippen molar-refractivity contribution in [3.05, 3.63) is 82.7 Å². The smallest absolute Gasteiger partial charge is 0.268 e. The number of carbonyl (C=O) groups excluding carboxylic acids is 1. The molecule has 0 saturated carbocycles. The Morgan fingerprint density at radius 1 is 1.11 bits per heavy atom. The van der Waals surface area contributed by atoms with Crippen LogP contribution in [0, 0.1) is 6.92 Å². The molecule has 1 heterocycles. The molecule has 1 N–H and O–H groups in total. The summed E-state index contributed by atoms with van der Waals surface area (Å²) in [6, 6.07) is 14.8. The van der Waals surface area contributed by atoms with Gasteiger partial charge in [0.15, 0.2) is 0 Å². The second-order valence-electron chi connectivity index (χ2n) is 7.01. The van der Waals surface area contributed by atoms with E-state index in [0.717, 1.165) is 30.4 Å². The monoisotopic (exact) mass is 395 g/mol. The molecule has 3 aromatic rings. The third-order valence-electron chi connectivity index (χ3n) is 5.13. The Balaban J connectivity index is 1.53. The molecule has 1 amide bonds. The lowest BCUT2D eigenvalue weighted by Gasteiger charge is -2.09. The van der Waals surface area contributed by atoms with Crippen LogP contribution in [0.15, 0.2) is 59.6 Å². The SMILES string of the molecule is Cc1c(C(=O)NS(=O)(=O)c2ccc3c(c2)CCC3)cnn1Cc1ccccc1. The summed E-state index contributed by atoms with van der Waals surface area (Å²) in [5.41, 5.74) is 4.14. The Kier molecular flexibility index (Phi) is 4.77. The van der Waals surface area contributed by atoms with Crippen LogP contribution in [-0.4, -0.2) is 24.1 Å². The molecule has 2 aromatic carbocycles. The van der Waals surface area contributed by atoms with Crippen LogP contribution in [-0.2, 0) is 29.4 Å². The zero-order chi connectivity index (χ0) is 19.7. The minimum absolute atomic E-state index is 0.121. The Hall–Kier alpha value is -2.93. The van der Waals surface area contributed by atoms with Crippen LogP contribution in [0.25, 0.3) is 0 Å². The largest absolute Gasteiger partial charge is 0.268 e. The highest BCUT2D eigenvalue weighted by Crippen LogP contribution is 2.24. The lowest BCUT2D eigenvalue weighted by molar-refractivity contribution is 0.0980. The molecule has 0 aliphatic heterocycles. The van der Waals surface area contributed by atoms with Crippen molar-refractivity contribution in [3.63, 3.8) is 0 Å². The fraction of sp³-hybridized carbons (Fsp3) is 0.238. The number of amides is 1. The number of hydrogen-bond donors (Lipinski definition) is 1. The fourth-order valence-corrected chi connectivity index (χ4v) is 4.55. The van der Waals surface area contributed by atoms with Crippen LogP contribution in [0.4, 0.5) is 0 Å². The molecule has 6 nitrogen and oxygen atoms in total. The van der Waals surface area contributed by atoms with Crippen molar-refractivity contribution in [1.82, 2.24) is 14.5 Å². The molecule has 28 heavy (non-hydrogen) atoms. The Labute approximate surface area is 164 Å². The number of benzene rings is 2. The predicted molar refractivity (Wildman–Crippen MR) is 106 cm³/mol. The van der Waals surface area contributed by atoms with Gasteiger partial charge in [-0.3, -0.25) is 9.48 Å². The van der Waals surface area contributed by atoms with Gasteiger partial charge in [0.25, 0.3) is 15.9 Å². The highest BCUT2D eigenvalue weighted by molar-refractivity contribution is 7.90. The summed E-state index contributed by atoms with van der Waals surface area (Å²) in [6.45, 7) is 2.27. The molecule has 0 radical (unpaired) electrons. The summed E-state index contributed by atoms with van der Waals surface area (Å²) in [5, 5.41) is 4.24. The highest BCUT2D eigenvalue weighted by Gasteiger charge is 2.23. The van der Waals surface area contributed by atoms with E-state index >= 15 is 0 Å². The third-order valence-corrected chi connectivity index (χ3v) is 6.46. The maximum Gasteiger partial charge on any atom is 0.268 e. The number of rotatable bonds is 5. The molecular weight excluding hydrogens is 374 g/mol. The maximum atomic E-state index is 12.7. The van der Waals surface area contributed by atoms with Crippen molar-refractivity contribution >= 4 is 15.9 Å². The molecule has 144 valence electrons. The summed E-state index contributed by atoms with van der Waals surface area (Å²) < 4.78 is 29.2. The Morgan fingerprint density at radius 3 is 2.64 bits per heavy atom. The van der Waals surface area contributed by atoms with Crippen molar-refractivity contribution in [2.75, 3.05) is 0 Å². The van der Waals surface area contributed by atoms with E-state index in [-0.39, 0.29) is 10.5 Å². The van der Waals surface area contributed by atoms with Crippen LogP contribution >= 0.6 is 0 Å². The second-order valence-corrected chi connectivity index (χ2v) is 8.69. The van der Waals surface area contributed by atoms with Crippen LogP contribution in [0.2, 0.25) is 0 Å². The van der Waals surface area contributed by atoms with Gasteiger partial charge in [-0.25, -0.2) is 13.1 Å². The molecule has 0 spiro atoms. The molecule has 0 bridgehead atoms. The zero-order valence-corrected chi connectivity index (χ0v) is 16.4. The van der Waals surface area contributed by atoms with Crippen molar-refractivity contribution < 1.29 is 13.2 Å². The lowest BCUT2D eigenvalue weighted by atomic mass is 10.1. The standard InChI is InChI=1S/C21H21N3O3S/c1-15-20(13-22-24(15)14-16-6-3-2-4-7-16)21(25)23-28(26,27)19-11-10-17-8-5-9-18(17)12-19/h2-4,6-7,10-13H,5,8-9,14H2,1H3,(H,23,25). The number of hydrogen-bond acceptors (Lipinski definition) is 4. The first kappa shape index (κ1) is 18.4. The van der Waals surface area contributed by atoms with Crippen molar-refractivity contribution in [2.24, 2.45) is 0 Å². The molecule has 0 unspecified atom stereocenters. The minimum atomic E-state index is -3.93. The number of sulfonamides is 1. The predicted octanol–water partition coefficient (Wildman–Crippen LogP) is 2.85. The number of nitrogens with one attached hydrogen (secondary N) is 1. The molecule has 0 fully saturated rings. The first-order valence-corrected chi connectivity index (χ1v) is 10.7. The van der Waals surface area contributed by atoms with Crippen LogP contribution in [0.1, 0.15) is 39.2 Å². The average molecular weight is 395 g/mol. The summed E-state index contributed by atoms with van der Waals surface area (Å²) in [5.74, 6) is -0.669. The van der Waals surface area contributed by atoms with Gasteiger partial charge in [-0.1, -0.05) is 36.4 Å². The van der Waals surface area contributed by atoms with E-state index in [1.54, 1.807) is 23.7 Å². The molecule has 1 aliphatic carbocycles. The van der Waals surface area contributed by atoms with E-state index < -0.39 is 15.9 Å². The number of aryl methyl sites for hydroxylation is 2. The van der Waals surface area contributed by atoms with E-state index in [0.29, 0.717) is 12.2 Å². The normalized spacial score (nSPS) is 13.3. The Morgan fingerprint density at radius 2 is 1.86 bits per heavy atom. The van der Waals surface area contributed by atoms with Gasteiger partial charge in [-0.05, 0) is 55.0 Å². The van der Waals surface area contributed by atoms with E-state index in [4.69, 9.17) is 0 Å². The Bertz CT molecular complexity index is 1130. The maximum absolute atomic E-state index is 12.7.